The second-order valence-electron chi connectivity index (χ2n) is 6.01. The molecule has 0 fully saturated rings. The van der Waals surface area contributed by atoms with Crippen LogP contribution in [-0.4, -0.2) is 48.2 Å². The van der Waals surface area contributed by atoms with E-state index >= 15 is 0 Å². The summed E-state index contributed by atoms with van der Waals surface area (Å²) in [6, 6.07) is 8.39. The van der Waals surface area contributed by atoms with Gasteiger partial charge in [-0.1, -0.05) is 6.07 Å². The molecule has 3 amide bonds. The van der Waals surface area contributed by atoms with Crippen molar-refractivity contribution < 1.29 is 14.4 Å². The molecule has 0 saturated heterocycles. The zero-order valence-electron chi connectivity index (χ0n) is 14.7. The summed E-state index contributed by atoms with van der Waals surface area (Å²) in [5, 5.41) is 3.23. The Labute approximate surface area is 151 Å². The summed E-state index contributed by atoms with van der Waals surface area (Å²) in [4.78, 5) is 43.5. The van der Waals surface area contributed by atoms with Gasteiger partial charge in [0.15, 0.2) is 0 Å². The largest absolute Gasteiger partial charge is 0.384 e. The molecule has 3 rings (SSSR count). The van der Waals surface area contributed by atoms with E-state index in [-0.39, 0.29) is 17.2 Å². The number of carbonyl (C=O) groups is 3. The quantitative estimate of drug-likeness (QED) is 0.832. The minimum absolute atomic E-state index is 0.172. The highest BCUT2D eigenvalue weighted by molar-refractivity contribution is 6.16. The molecule has 7 heteroatoms. The van der Waals surface area contributed by atoms with Crippen LogP contribution in [-0.2, 0) is 11.2 Å². The number of amides is 3. The smallest absolute Gasteiger partial charge is 0.272 e. The standard InChI is InChI=1S/C19H20N4O3/c1-3-22(2)19(26)16-11-13(7-9-21-16)18(25)23(12-24)17-6-4-5-15-14(17)8-10-20-15/h4-7,9,11-12,20H,3,8,10H2,1-2H3. The highest BCUT2D eigenvalue weighted by Crippen LogP contribution is 2.32. The molecular weight excluding hydrogens is 332 g/mol. The van der Waals surface area contributed by atoms with Crippen LogP contribution in [0.25, 0.3) is 0 Å². The van der Waals surface area contributed by atoms with Crippen molar-refractivity contribution in [3.8, 4) is 0 Å². The van der Waals surface area contributed by atoms with Gasteiger partial charge in [-0.15, -0.1) is 0 Å². The van der Waals surface area contributed by atoms with Gasteiger partial charge in [0.1, 0.15) is 5.69 Å². The number of carbonyl (C=O) groups excluding carboxylic acids is 3. The predicted molar refractivity (Wildman–Crippen MR) is 98.4 cm³/mol. The highest BCUT2D eigenvalue weighted by Gasteiger charge is 2.24. The van der Waals surface area contributed by atoms with Gasteiger partial charge in [0.2, 0.25) is 6.41 Å². The SMILES string of the molecule is CCN(C)C(=O)c1cc(C(=O)N(C=O)c2cccc3c2CCN3)ccn1. The summed E-state index contributed by atoms with van der Waals surface area (Å²) >= 11 is 0. The third-order valence-electron chi connectivity index (χ3n) is 4.47. The third-order valence-corrected chi connectivity index (χ3v) is 4.47. The number of aromatic nitrogens is 1. The Hall–Kier alpha value is -3.22. The molecule has 2 heterocycles. The summed E-state index contributed by atoms with van der Waals surface area (Å²) in [5.74, 6) is -0.763. The second-order valence-corrected chi connectivity index (χ2v) is 6.01. The molecule has 1 aromatic heterocycles. The summed E-state index contributed by atoms with van der Waals surface area (Å²) in [7, 11) is 1.66. The van der Waals surface area contributed by atoms with Crippen molar-refractivity contribution in [2.45, 2.75) is 13.3 Å². The lowest BCUT2D eigenvalue weighted by Gasteiger charge is -2.19. The number of pyridine rings is 1. The van der Waals surface area contributed by atoms with Crippen LogP contribution in [0.4, 0.5) is 11.4 Å². The van der Waals surface area contributed by atoms with E-state index in [1.807, 2.05) is 13.0 Å². The number of anilines is 2. The maximum Gasteiger partial charge on any atom is 0.272 e. The average molecular weight is 352 g/mol. The summed E-state index contributed by atoms with van der Waals surface area (Å²) in [5.41, 5.74) is 2.83. The third kappa shape index (κ3) is 3.15. The van der Waals surface area contributed by atoms with Gasteiger partial charge in [-0.2, -0.15) is 0 Å². The van der Waals surface area contributed by atoms with E-state index in [9.17, 15) is 14.4 Å². The minimum Gasteiger partial charge on any atom is -0.384 e. The molecule has 0 aliphatic carbocycles. The zero-order chi connectivity index (χ0) is 18.7. The molecule has 0 atom stereocenters. The second kappa shape index (κ2) is 7.35. The number of imide groups is 1. The molecule has 1 N–H and O–H groups in total. The Balaban J connectivity index is 1.94. The van der Waals surface area contributed by atoms with Gasteiger partial charge in [-0.3, -0.25) is 19.4 Å². The average Bonchev–Trinajstić information content (AvgIpc) is 3.17. The van der Waals surface area contributed by atoms with Crippen LogP contribution in [0.2, 0.25) is 0 Å². The van der Waals surface area contributed by atoms with Gasteiger partial charge in [0.25, 0.3) is 11.8 Å². The van der Waals surface area contributed by atoms with E-state index in [2.05, 4.69) is 10.3 Å². The molecule has 7 nitrogen and oxygen atoms in total. The van der Waals surface area contributed by atoms with Crippen molar-refractivity contribution in [2.24, 2.45) is 0 Å². The molecule has 0 saturated carbocycles. The number of hydrogen-bond donors (Lipinski definition) is 1. The fourth-order valence-electron chi connectivity index (χ4n) is 2.92. The van der Waals surface area contributed by atoms with E-state index in [1.54, 1.807) is 19.2 Å². The van der Waals surface area contributed by atoms with Gasteiger partial charge in [0.05, 0.1) is 5.69 Å². The molecule has 2 aromatic rings. The monoisotopic (exact) mass is 352 g/mol. The Morgan fingerprint density at radius 3 is 2.81 bits per heavy atom. The number of fused-ring (bicyclic) bond motifs is 1. The fraction of sp³-hybridized carbons (Fsp3) is 0.263. The van der Waals surface area contributed by atoms with Crippen LogP contribution >= 0.6 is 0 Å². The summed E-state index contributed by atoms with van der Waals surface area (Å²) in [6.45, 7) is 3.15. The lowest BCUT2D eigenvalue weighted by atomic mass is 10.1. The molecule has 0 bridgehead atoms. The number of rotatable bonds is 5. The van der Waals surface area contributed by atoms with Crippen molar-refractivity contribution >= 4 is 29.6 Å². The van der Waals surface area contributed by atoms with Gasteiger partial charge < -0.3 is 10.2 Å². The number of benzene rings is 1. The van der Waals surface area contributed by atoms with Gasteiger partial charge in [-0.25, -0.2) is 4.90 Å². The fourth-order valence-corrected chi connectivity index (χ4v) is 2.92. The Morgan fingerprint density at radius 1 is 1.27 bits per heavy atom. The topological polar surface area (TPSA) is 82.6 Å². The molecule has 1 aliphatic rings. The first kappa shape index (κ1) is 17.6. The first-order valence-electron chi connectivity index (χ1n) is 8.43. The van der Waals surface area contributed by atoms with E-state index in [4.69, 9.17) is 0 Å². The van der Waals surface area contributed by atoms with Crippen LogP contribution in [0.5, 0.6) is 0 Å². The maximum atomic E-state index is 12.9. The Morgan fingerprint density at radius 2 is 2.08 bits per heavy atom. The van der Waals surface area contributed by atoms with Crippen LogP contribution in [0, 0.1) is 0 Å². The summed E-state index contributed by atoms with van der Waals surface area (Å²) in [6.07, 6.45) is 2.66. The molecule has 26 heavy (non-hydrogen) atoms. The van der Waals surface area contributed by atoms with Crippen molar-refractivity contribution in [3.05, 3.63) is 53.3 Å². The normalized spacial score (nSPS) is 12.1. The summed E-state index contributed by atoms with van der Waals surface area (Å²) < 4.78 is 0. The number of nitrogens with one attached hydrogen (secondary N) is 1. The van der Waals surface area contributed by atoms with Crippen LogP contribution in [0.15, 0.2) is 36.5 Å². The Kier molecular flexibility index (Phi) is 4.97. The van der Waals surface area contributed by atoms with Gasteiger partial charge in [-0.05, 0) is 37.6 Å². The molecule has 1 aliphatic heterocycles. The van der Waals surface area contributed by atoms with Crippen LogP contribution in [0.3, 0.4) is 0 Å². The van der Waals surface area contributed by atoms with Crippen LogP contribution in [0.1, 0.15) is 33.3 Å². The first-order valence-corrected chi connectivity index (χ1v) is 8.43. The van der Waals surface area contributed by atoms with Gasteiger partial charge in [0, 0.05) is 43.1 Å². The van der Waals surface area contributed by atoms with Crippen molar-refractivity contribution in [1.82, 2.24) is 9.88 Å². The van der Waals surface area contributed by atoms with E-state index in [1.165, 1.54) is 23.2 Å². The van der Waals surface area contributed by atoms with Crippen LogP contribution < -0.4 is 10.2 Å². The maximum absolute atomic E-state index is 12.9. The van der Waals surface area contributed by atoms with Crippen molar-refractivity contribution in [2.75, 3.05) is 30.4 Å². The molecule has 0 radical (unpaired) electrons. The molecule has 0 unspecified atom stereocenters. The number of hydrogen-bond acceptors (Lipinski definition) is 5. The van der Waals surface area contributed by atoms with Crippen molar-refractivity contribution in [3.63, 3.8) is 0 Å². The molecule has 1 aromatic carbocycles. The first-order chi connectivity index (χ1) is 12.6. The predicted octanol–water partition coefficient (Wildman–Crippen LogP) is 1.94. The number of nitrogens with zero attached hydrogens (tertiary/aromatic N) is 3. The molecule has 0 spiro atoms. The van der Waals surface area contributed by atoms with Crippen molar-refractivity contribution in [1.29, 1.82) is 0 Å². The molecule has 134 valence electrons. The zero-order valence-corrected chi connectivity index (χ0v) is 14.7. The Bertz CT molecular complexity index is 866. The van der Waals surface area contributed by atoms with E-state index in [0.717, 1.165) is 29.1 Å². The van der Waals surface area contributed by atoms with E-state index in [0.29, 0.717) is 18.6 Å². The van der Waals surface area contributed by atoms with E-state index < -0.39 is 5.91 Å². The minimum atomic E-state index is -0.490. The molecular formula is C19H20N4O3. The lowest BCUT2D eigenvalue weighted by Crippen LogP contribution is -2.31. The highest BCUT2D eigenvalue weighted by atomic mass is 16.2. The van der Waals surface area contributed by atoms with Gasteiger partial charge >= 0.3 is 0 Å². The lowest BCUT2D eigenvalue weighted by molar-refractivity contribution is -0.106.